The van der Waals surface area contributed by atoms with Crippen molar-refractivity contribution in [3.8, 4) is 11.4 Å². The molecule has 0 aliphatic heterocycles. The van der Waals surface area contributed by atoms with Crippen LogP contribution in [0.2, 0.25) is 10.0 Å². The van der Waals surface area contributed by atoms with E-state index in [-0.39, 0.29) is 5.82 Å². The van der Waals surface area contributed by atoms with E-state index in [1.165, 1.54) is 12.1 Å². The summed E-state index contributed by atoms with van der Waals surface area (Å²) in [6.07, 6.45) is 0. The summed E-state index contributed by atoms with van der Waals surface area (Å²) in [5, 5.41) is 12.5. The van der Waals surface area contributed by atoms with Crippen LogP contribution in [0.4, 0.5) is 4.39 Å². The summed E-state index contributed by atoms with van der Waals surface area (Å²) in [5.74, 6) is 0.180. The molecule has 0 spiro atoms. The van der Waals surface area contributed by atoms with Crippen LogP contribution in [0.15, 0.2) is 42.5 Å². The van der Waals surface area contributed by atoms with E-state index in [9.17, 15) is 4.39 Å². The molecule has 0 unspecified atom stereocenters. The quantitative estimate of drug-likeness (QED) is 0.736. The van der Waals surface area contributed by atoms with Crippen molar-refractivity contribution in [2.45, 2.75) is 6.54 Å². The number of rotatable bonds is 3. The Labute approximate surface area is 130 Å². The maximum atomic E-state index is 12.9. The second-order valence-corrected chi connectivity index (χ2v) is 5.20. The number of aromatic nitrogens is 4. The highest BCUT2D eigenvalue weighted by molar-refractivity contribution is 6.38. The fourth-order valence-corrected chi connectivity index (χ4v) is 2.53. The molecule has 0 saturated carbocycles. The molecule has 1 aromatic heterocycles. The first kappa shape index (κ1) is 14.0. The van der Waals surface area contributed by atoms with Crippen LogP contribution in [-0.4, -0.2) is 20.2 Å². The Hall–Kier alpha value is -1.98. The third-order valence-corrected chi connectivity index (χ3v) is 3.59. The Bertz CT molecular complexity index is 751. The molecule has 3 aromatic rings. The largest absolute Gasteiger partial charge is 0.221 e. The van der Waals surface area contributed by atoms with Crippen LogP contribution >= 0.6 is 23.2 Å². The molecule has 7 heteroatoms. The molecule has 0 bridgehead atoms. The van der Waals surface area contributed by atoms with Crippen LogP contribution in [0.5, 0.6) is 0 Å². The number of halogens is 3. The van der Waals surface area contributed by atoms with Gasteiger partial charge in [-0.2, -0.15) is 0 Å². The second kappa shape index (κ2) is 5.79. The molecule has 21 heavy (non-hydrogen) atoms. The number of tetrazole rings is 1. The van der Waals surface area contributed by atoms with Crippen molar-refractivity contribution in [2.24, 2.45) is 0 Å². The molecule has 106 valence electrons. The lowest BCUT2D eigenvalue weighted by Gasteiger charge is -2.08. The molecular weight excluding hydrogens is 314 g/mol. The van der Waals surface area contributed by atoms with Crippen molar-refractivity contribution >= 4 is 23.2 Å². The molecule has 3 rings (SSSR count). The Morgan fingerprint density at radius 1 is 1.00 bits per heavy atom. The lowest BCUT2D eigenvalue weighted by atomic mass is 10.2. The van der Waals surface area contributed by atoms with Crippen LogP contribution < -0.4 is 0 Å². The topological polar surface area (TPSA) is 43.6 Å². The molecule has 0 radical (unpaired) electrons. The minimum atomic E-state index is -0.287. The fraction of sp³-hybridized carbons (Fsp3) is 0.0714. The van der Waals surface area contributed by atoms with Crippen molar-refractivity contribution in [1.82, 2.24) is 20.2 Å². The van der Waals surface area contributed by atoms with Gasteiger partial charge in [-0.15, -0.1) is 5.10 Å². The molecule has 0 saturated heterocycles. The zero-order chi connectivity index (χ0) is 14.8. The number of nitrogens with zero attached hydrogens (tertiary/aromatic N) is 4. The van der Waals surface area contributed by atoms with Gasteiger partial charge in [0.15, 0.2) is 5.82 Å². The predicted octanol–water partition coefficient (Wildman–Crippen LogP) is 3.83. The summed E-state index contributed by atoms with van der Waals surface area (Å²) in [7, 11) is 0. The predicted molar refractivity (Wildman–Crippen MR) is 78.8 cm³/mol. The van der Waals surface area contributed by atoms with Crippen LogP contribution in [0, 0.1) is 5.82 Å². The Morgan fingerprint density at radius 2 is 1.67 bits per heavy atom. The van der Waals surface area contributed by atoms with Gasteiger partial charge in [0.1, 0.15) is 5.82 Å². The lowest BCUT2D eigenvalue weighted by molar-refractivity contribution is 0.622. The second-order valence-electron chi connectivity index (χ2n) is 4.38. The number of hydrogen-bond acceptors (Lipinski definition) is 3. The highest BCUT2D eigenvalue weighted by Gasteiger charge is 2.16. The molecule has 0 aliphatic rings. The summed E-state index contributed by atoms with van der Waals surface area (Å²) in [4.78, 5) is 0. The zero-order valence-electron chi connectivity index (χ0n) is 10.7. The summed E-state index contributed by atoms with van der Waals surface area (Å²) in [5.41, 5.74) is 1.45. The molecule has 0 aliphatic carbocycles. The molecule has 0 N–H and O–H groups in total. The first-order chi connectivity index (χ1) is 10.1. The Balaban J connectivity index is 2.00. The van der Waals surface area contributed by atoms with Crippen LogP contribution in [0.1, 0.15) is 5.56 Å². The van der Waals surface area contributed by atoms with Crippen molar-refractivity contribution in [3.63, 3.8) is 0 Å². The van der Waals surface area contributed by atoms with Crippen LogP contribution in [0.25, 0.3) is 11.4 Å². The van der Waals surface area contributed by atoms with Gasteiger partial charge in [-0.1, -0.05) is 41.4 Å². The van der Waals surface area contributed by atoms with E-state index in [1.54, 1.807) is 35.0 Å². The maximum Gasteiger partial charge on any atom is 0.185 e. The summed E-state index contributed by atoms with van der Waals surface area (Å²) in [6.45, 7) is 0.393. The monoisotopic (exact) mass is 322 g/mol. The van der Waals surface area contributed by atoms with Crippen molar-refractivity contribution in [3.05, 3.63) is 63.9 Å². The van der Waals surface area contributed by atoms with Gasteiger partial charge in [-0.3, -0.25) is 0 Å². The third kappa shape index (κ3) is 2.89. The van der Waals surface area contributed by atoms with Crippen molar-refractivity contribution < 1.29 is 4.39 Å². The van der Waals surface area contributed by atoms with E-state index in [1.807, 2.05) is 0 Å². The van der Waals surface area contributed by atoms with Crippen molar-refractivity contribution in [2.75, 3.05) is 0 Å². The van der Waals surface area contributed by atoms with Gasteiger partial charge in [0.05, 0.1) is 22.2 Å². The van der Waals surface area contributed by atoms with E-state index in [0.29, 0.717) is 28.0 Å². The molecular formula is C14H9Cl2FN4. The molecule has 0 amide bonds. The minimum absolute atomic E-state index is 0.287. The minimum Gasteiger partial charge on any atom is -0.221 e. The summed E-state index contributed by atoms with van der Waals surface area (Å²) < 4.78 is 14.5. The van der Waals surface area contributed by atoms with Gasteiger partial charge >= 0.3 is 0 Å². The first-order valence-electron chi connectivity index (χ1n) is 6.10. The lowest BCUT2D eigenvalue weighted by Crippen LogP contribution is -2.05. The van der Waals surface area contributed by atoms with E-state index in [2.05, 4.69) is 15.5 Å². The van der Waals surface area contributed by atoms with E-state index >= 15 is 0 Å². The Morgan fingerprint density at radius 3 is 2.33 bits per heavy atom. The van der Waals surface area contributed by atoms with Crippen molar-refractivity contribution in [1.29, 1.82) is 0 Å². The first-order valence-corrected chi connectivity index (χ1v) is 6.86. The van der Waals surface area contributed by atoms with Gasteiger partial charge in [0.25, 0.3) is 0 Å². The number of benzene rings is 2. The summed E-state index contributed by atoms with van der Waals surface area (Å²) >= 11 is 12.3. The van der Waals surface area contributed by atoms with E-state index < -0.39 is 0 Å². The average molecular weight is 323 g/mol. The summed E-state index contributed by atoms with van der Waals surface area (Å²) in [6, 6.07) is 11.3. The molecule has 1 heterocycles. The van der Waals surface area contributed by atoms with Gasteiger partial charge in [-0.05, 0) is 40.3 Å². The zero-order valence-corrected chi connectivity index (χ0v) is 12.2. The standard InChI is InChI=1S/C14H9Cl2FN4/c15-11-2-1-3-12(16)13(11)14-18-19-20-21(14)8-9-4-6-10(17)7-5-9/h1-7H,8H2. The smallest absolute Gasteiger partial charge is 0.185 e. The van der Waals surface area contributed by atoms with E-state index in [0.717, 1.165) is 5.56 Å². The SMILES string of the molecule is Fc1ccc(Cn2nnnc2-c2c(Cl)cccc2Cl)cc1. The average Bonchev–Trinajstić information content (AvgIpc) is 2.89. The highest BCUT2D eigenvalue weighted by Crippen LogP contribution is 2.32. The number of hydrogen-bond donors (Lipinski definition) is 0. The van der Waals surface area contributed by atoms with Gasteiger partial charge in [0, 0.05) is 0 Å². The highest BCUT2D eigenvalue weighted by atomic mass is 35.5. The van der Waals surface area contributed by atoms with Crippen LogP contribution in [-0.2, 0) is 6.54 Å². The Kier molecular flexibility index (Phi) is 3.86. The third-order valence-electron chi connectivity index (χ3n) is 2.96. The molecule has 0 atom stereocenters. The molecule has 4 nitrogen and oxygen atoms in total. The van der Waals surface area contributed by atoms with Crippen LogP contribution in [0.3, 0.4) is 0 Å². The normalized spacial score (nSPS) is 10.8. The molecule has 0 fully saturated rings. The maximum absolute atomic E-state index is 12.9. The van der Waals surface area contributed by atoms with E-state index in [4.69, 9.17) is 23.2 Å². The van der Waals surface area contributed by atoms with Gasteiger partial charge in [0.2, 0.25) is 0 Å². The van der Waals surface area contributed by atoms with Gasteiger partial charge < -0.3 is 0 Å². The van der Waals surface area contributed by atoms with Gasteiger partial charge in [-0.25, -0.2) is 9.07 Å². The fourth-order valence-electron chi connectivity index (χ4n) is 1.96. The molecule has 2 aromatic carbocycles.